The number of allylic oxidation sites excluding steroid dienone is 2. The molecule has 3 heteroatoms. The Morgan fingerprint density at radius 3 is 2.80 bits per heavy atom. The second kappa shape index (κ2) is 5.11. The fourth-order valence-corrected chi connectivity index (χ4v) is 0.611. The third-order valence-corrected chi connectivity index (χ3v) is 1.60. The summed E-state index contributed by atoms with van der Waals surface area (Å²) >= 11 is 4.11. The zero-order chi connectivity index (χ0) is 7.98. The first-order valence-corrected chi connectivity index (χ1v) is 3.39. The van der Waals surface area contributed by atoms with Gasteiger partial charge in [0, 0.05) is 0 Å². The van der Waals surface area contributed by atoms with Gasteiger partial charge >= 0.3 is 0 Å². The topological polar surface area (TPSA) is 32.6 Å². The van der Waals surface area contributed by atoms with Gasteiger partial charge in [-0.1, -0.05) is 24.3 Å². The van der Waals surface area contributed by atoms with Crippen LogP contribution in [0, 0.1) is 0 Å². The quantitative estimate of drug-likeness (QED) is 0.212. The lowest BCUT2D eigenvalue weighted by atomic mass is 10.2. The summed E-state index contributed by atoms with van der Waals surface area (Å²) in [5, 5.41) is 10.9. The average Bonchev–Trinajstić information content (AvgIpc) is 1.89. The van der Waals surface area contributed by atoms with Gasteiger partial charge < -0.3 is 5.21 Å². The lowest BCUT2D eigenvalue weighted by Gasteiger charge is -2.01. The molecule has 0 rings (SSSR count). The molecule has 0 heterocycles. The van der Waals surface area contributed by atoms with Crippen LogP contribution in [0.1, 0.15) is 6.92 Å². The normalized spacial score (nSPS) is 15.6. The van der Waals surface area contributed by atoms with Gasteiger partial charge in [-0.2, -0.15) is 12.6 Å². The predicted molar refractivity (Wildman–Crippen MR) is 47.0 cm³/mol. The van der Waals surface area contributed by atoms with Crippen LogP contribution in [0.25, 0.3) is 0 Å². The van der Waals surface area contributed by atoms with Gasteiger partial charge in [-0.05, 0) is 6.92 Å². The molecule has 0 aromatic rings. The lowest BCUT2D eigenvalue weighted by molar-refractivity contribution is 0.321. The molecule has 1 N–H and O–H groups in total. The minimum Gasteiger partial charge on any atom is -0.411 e. The summed E-state index contributed by atoms with van der Waals surface area (Å²) in [5.41, 5.74) is 0.996. The zero-order valence-corrected chi connectivity index (χ0v) is 6.75. The van der Waals surface area contributed by atoms with Crippen molar-refractivity contribution in [2.45, 2.75) is 12.2 Å². The number of thiol groups is 1. The molecule has 56 valence electrons. The van der Waals surface area contributed by atoms with E-state index < -0.39 is 0 Å². The van der Waals surface area contributed by atoms with Gasteiger partial charge in [-0.15, -0.1) is 5.16 Å². The molecule has 10 heavy (non-hydrogen) atoms. The smallest absolute Gasteiger partial charge is 0.0613 e. The molecule has 0 aliphatic heterocycles. The van der Waals surface area contributed by atoms with Crippen LogP contribution in [0.5, 0.6) is 0 Å². The van der Waals surface area contributed by atoms with Gasteiger partial charge in [0.2, 0.25) is 0 Å². The highest BCUT2D eigenvalue weighted by Crippen LogP contribution is 2.05. The molecule has 2 nitrogen and oxygen atoms in total. The molecule has 0 aromatic heterocycles. The molecule has 0 saturated carbocycles. The molecule has 0 aliphatic rings. The van der Waals surface area contributed by atoms with Crippen LogP contribution in [0.3, 0.4) is 0 Å². The molecule has 0 bridgehead atoms. The Morgan fingerprint density at radius 1 is 1.80 bits per heavy atom. The van der Waals surface area contributed by atoms with Crippen LogP contribution in [0.2, 0.25) is 0 Å². The standard InChI is InChI=1S/C7H11NOS/c1-3-4-6(2)7(10)5-8-9/h3-5,7,9-10H,1H2,2H3/b6-4-,8-5+. The Balaban J connectivity index is 4.05. The molecule has 1 unspecified atom stereocenters. The molecule has 0 spiro atoms. The van der Waals surface area contributed by atoms with Crippen molar-refractivity contribution in [3.63, 3.8) is 0 Å². The van der Waals surface area contributed by atoms with E-state index in [1.165, 1.54) is 6.21 Å². The molecular formula is C7H11NOS. The highest BCUT2D eigenvalue weighted by atomic mass is 32.1. The van der Waals surface area contributed by atoms with E-state index in [1.807, 2.05) is 13.0 Å². The van der Waals surface area contributed by atoms with Gasteiger partial charge in [0.25, 0.3) is 0 Å². The fourth-order valence-electron chi connectivity index (χ4n) is 0.465. The minimum atomic E-state index is -0.122. The van der Waals surface area contributed by atoms with E-state index in [2.05, 4.69) is 24.4 Å². The van der Waals surface area contributed by atoms with Crippen molar-refractivity contribution < 1.29 is 5.21 Å². The molecule has 0 fully saturated rings. The highest BCUT2D eigenvalue weighted by molar-refractivity contribution is 7.82. The number of nitrogens with zero attached hydrogens (tertiary/aromatic N) is 1. The summed E-state index contributed by atoms with van der Waals surface area (Å²) in [6, 6.07) is 0. The molecule has 0 aliphatic carbocycles. The Bertz CT molecular complexity index is 163. The highest BCUT2D eigenvalue weighted by Gasteiger charge is 1.98. The van der Waals surface area contributed by atoms with E-state index in [4.69, 9.17) is 5.21 Å². The summed E-state index contributed by atoms with van der Waals surface area (Å²) in [7, 11) is 0. The van der Waals surface area contributed by atoms with Crippen molar-refractivity contribution in [2.75, 3.05) is 0 Å². The first-order valence-electron chi connectivity index (χ1n) is 2.87. The van der Waals surface area contributed by atoms with Crippen LogP contribution in [0.15, 0.2) is 29.5 Å². The third-order valence-electron chi connectivity index (χ3n) is 1.06. The van der Waals surface area contributed by atoms with Gasteiger partial charge in [0.05, 0.1) is 11.5 Å². The number of hydrogen-bond acceptors (Lipinski definition) is 3. The maximum Gasteiger partial charge on any atom is 0.0613 e. The van der Waals surface area contributed by atoms with E-state index in [0.29, 0.717) is 0 Å². The molecule has 0 radical (unpaired) electrons. The van der Waals surface area contributed by atoms with E-state index >= 15 is 0 Å². The van der Waals surface area contributed by atoms with Crippen molar-refractivity contribution in [3.05, 3.63) is 24.3 Å². The van der Waals surface area contributed by atoms with Crippen molar-refractivity contribution in [1.29, 1.82) is 0 Å². The van der Waals surface area contributed by atoms with Gasteiger partial charge in [-0.3, -0.25) is 0 Å². The Labute approximate surface area is 66.3 Å². The summed E-state index contributed by atoms with van der Waals surface area (Å²) in [6.45, 7) is 5.42. The largest absolute Gasteiger partial charge is 0.411 e. The number of oxime groups is 1. The maximum absolute atomic E-state index is 8.12. The number of hydrogen-bond donors (Lipinski definition) is 2. The zero-order valence-electron chi connectivity index (χ0n) is 5.86. The van der Waals surface area contributed by atoms with Crippen molar-refractivity contribution in [1.82, 2.24) is 0 Å². The minimum absolute atomic E-state index is 0.122. The first-order chi connectivity index (χ1) is 4.72. The first kappa shape index (κ1) is 9.30. The Hall–Kier alpha value is -0.700. The van der Waals surface area contributed by atoms with Gasteiger partial charge in [0.1, 0.15) is 0 Å². The molecule has 1 atom stereocenters. The average molecular weight is 157 g/mol. The summed E-state index contributed by atoms with van der Waals surface area (Å²) < 4.78 is 0. The SMILES string of the molecule is C=C/C=C(/C)C(S)/C=N/O. The van der Waals surface area contributed by atoms with Crippen molar-refractivity contribution in [2.24, 2.45) is 5.16 Å². The van der Waals surface area contributed by atoms with E-state index in [9.17, 15) is 0 Å². The van der Waals surface area contributed by atoms with Gasteiger partial charge in [-0.25, -0.2) is 0 Å². The fraction of sp³-hybridized carbons (Fsp3) is 0.286. The van der Waals surface area contributed by atoms with Crippen LogP contribution in [-0.4, -0.2) is 16.7 Å². The Kier molecular flexibility index (Phi) is 4.76. The van der Waals surface area contributed by atoms with E-state index in [0.717, 1.165) is 5.57 Å². The van der Waals surface area contributed by atoms with E-state index in [1.54, 1.807) is 6.08 Å². The van der Waals surface area contributed by atoms with Crippen molar-refractivity contribution in [3.8, 4) is 0 Å². The summed E-state index contributed by atoms with van der Waals surface area (Å²) in [6.07, 6.45) is 4.83. The predicted octanol–water partition coefficient (Wildman–Crippen LogP) is 1.88. The van der Waals surface area contributed by atoms with Crippen LogP contribution in [0.4, 0.5) is 0 Å². The molecule has 0 amide bonds. The monoisotopic (exact) mass is 157 g/mol. The summed E-state index contributed by atoms with van der Waals surface area (Å²) in [5.74, 6) is 0. The second-order valence-corrected chi connectivity index (χ2v) is 2.41. The lowest BCUT2D eigenvalue weighted by Crippen LogP contribution is -2.01. The molecule has 0 saturated heterocycles. The Morgan fingerprint density at radius 2 is 2.40 bits per heavy atom. The van der Waals surface area contributed by atoms with Gasteiger partial charge in [0.15, 0.2) is 0 Å². The van der Waals surface area contributed by atoms with Crippen LogP contribution < -0.4 is 0 Å². The number of rotatable bonds is 3. The second-order valence-electron chi connectivity index (χ2n) is 1.86. The molecular weight excluding hydrogens is 146 g/mol. The third kappa shape index (κ3) is 3.35. The maximum atomic E-state index is 8.12. The summed E-state index contributed by atoms with van der Waals surface area (Å²) in [4.78, 5) is 0. The van der Waals surface area contributed by atoms with Crippen molar-refractivity contribution >= 4 is 18.8 Å². The van der Waals surface area contributed by atoms with Crippen LogP contribution >= 0.6 is 12.6 Å². The van der Waals surface area contributed by atoms with E-state index in [-0.39, 0.29) is 5.25 Å². The molecule has 0 aromatic carbocycles. The van der Waals surface area contributed by atoms with Crippen LogP contribution in [-0.2, 0) is 0 Å².